The van der Waals surface area contributed by atoms with Gasteiger partial charge in [-0.05, 0) is 57.5 Å². The fourth-order valence-electron chi connectivity index (χ4n) is 3.46. The van der Waals surface area contributed by atoms with Crippen molar-refractivity contribution in [3.05, 3.63) is 47.4 Å². The summed E-state index contributed by atoms with van der Waals surface area (Å²) in [4.78, 5) is 23.1. The highest BCUT2D eigenvalue weighted by Gasteiger charge is 2.54. The number of hydrogen-bond donors (Lipinski definition) is 1. The maximum absolute atomic E-state index is 11.6. The predicted molar refractivity (Wildman–Crippen MR) is 118 cm³/mol. The second kappa shape index (κ2) is 9.48. The van der Waals surface area contributed by atoms with E-state index in [0.29, 0.717) is 22.8 Å². The van der Waals surface area contributed by atoms with Gasteiger partial charge in [0, 0.05) is 5.82 Å². The summed E-state index contributed by atoms with van der Waals surface area (Å²) in [5.41, 5.74) is -0.493. The average Bonchev–Trinajstić information content (AvgIpc) is 3.31. The van der Waals surface area contributed by atoms with Gasteiger partial charge < -0.3 is 33.0 Å². The molecule has 0 saturated carbocycles. The molecule has 1 atom stereocenters. The van der Waals surface area contributed by atoms with Crippen LogP contribution in [0.5, 0.6) is 11.5 Å². The molecule has 2 heterocycles. The number of carbonyl (C=O) groups excluding carboxylic acids is 1. The second-order valence-electron chi connectivity index (χ2n) is 8.79. The molecule has 2 aromatic rings. The van der Waals surface area contributed by atoms with Gasteiger partial charge >= 0.3 is 19.1 Å². The molecule has 178 valence electrons. The van der Waals surface area contributed by atoms with Gasteiger partial charge in [0.15, 0.2) is 11.5 Å². The van der Waals surface area contributed by atoms with Crippen molar-refractivity contribution in [3.8, 4) is 11.5 Å². The van der Waals surface area contributed by atoms with E-state index in [1.54, 1.807) is 24.3 Å². The molecular formula is C23H29BO9. The summed E-state index contributed by atoms with van der Waals surface area (Å²) in [6.45, 7) is 7.73. The molecule has 1 aromatic carbocycles. The molecule has 3 rings (SSSR count). The van der Waals surface area contributed by atoms with Gasteiger partial charge in [0.1, 0.15) is 12.4 Å². The quantitative estimate of drug-likeness (QED) is 0.440. The lowest BCUT2D eigenvalue weighted by Gasteiger charge is -2.32. The van der Waals surface area contributed by atoms with Crippen molar-refractivity contribution in [1.29, 1.82) is 0 Å². The molecule has 9 nitrogen and oxygen atoms in total. The number of benzene rings is 1. The molecule has 0 bridgehead atoms. The van der Waals surface area contributed by atoms with E-state index in [1.807, 2.05) is 27.7 Å². The van der Waals surface area contributed by atoms with E-state index in [1.165, 1.54) is 20.3 Å². The Morgan fingerprint density at radius 2 is 1.70 bits per heavy atom. The van der Waals surface area contributed by atoms with Crippen molar-refractivity contribution in [2.45, 2.75) is 57.7 Å². The number of methoxy groups -OCH3 is 2. The predicted octanol–water partition coefficient (Wildman–Crippen LogP) is 3.84. The van der Waals surface area contributed by atoms with Crippen molar-refractivity contribution < 1.29 is 42.6 Å². The minimum absolute atomic E-state index is 0.0580. The molecule has 1 N–H and O–H groups in total. The minimum Gasteiger partial charge on any atom is -0.493 e. The normalized spacial score (nSPS) is 17.5. The number of hydrogen-bond acceptors (Lipinski definition) is 8. The molecule has 1 aromatic heterocycles. The molecule has 1 aliphatic heterocycles. The largest absolute Gasteiger partial charge is 0.493 e. The number of carboxylic acid groups (broad SMARTS) is 1. The number of carboxylic acids is 1. The molecule has 1 fully saturated rings. The van der Waals surface area contributed by atoms with Crippen LogP contribution in [0.15, 0.2) is 34.7 Å². The van der Waals surface area contributed by atoms with Gasteiger partial charge in [-0.1, -0.05) is 6.07 Å². The van der Waals surface area contributed by atoms with Gasteiger partial charge in [-0.3, -0.25) is 4.79 Å². The summed E-state index contributed by atoms with van der Waals surface area (Å²) in [5, 5.41) is 9.51. The molecule has 10 heteroatoms. The van der Waals surface area contributed by atoms with Crippen LogP contribution in [0.4, 0.5) is 0 Å². The first kappa shape index (κ1) is 24.7. The molecule has 1 aliphatic rings. The zero-order valence-corrected chi connectivity index (χ0v) is 19.7. The van der Waals surface area contributed by atoms with Crippen LogP contribution < -0.4 is 9.47 Å². The van der Waals surface area contributed by atoms with E-state index in [0.717, 1.165) is 0 Å². The first-order valence-electron chi connectivity index (χ1n) is 10.5. The molecule has 1 unspecified atom stereocenters. The maximum atomic E-state index is 11.6. The number of esters is 1. The maximum Gasteiger partial charge on any atom is 0.466 e. The van der Waals surface area contributed by atoms with Crippen molar-refractivity contribution in [1.82, 2.24) is 0 Å². The minimum atomic E-state index is -0.965. The Hall–Kier alpha value is -2.98. The van der Waals surface area contributed by atoms with Crippen LogP contribution in [0.25, 0.3) is 0 Å². The van der Waals surface area contributed by atoms with Crippen LogP contribution in [-0.2, 0) is 25.4 Å². The second-order valence-corrected chi connectivity index (χ2v) is 8.79. The van der Waals surface area contributed by atoms with Gasteiger partial charge in [-0.25, -0.2) is 4.79 Å². The van der Waals surface area contributed by atoms with Gasteiger partial charge in [0.25, 0.3) is 0 Å². The summed E-state index contributed by atoms with van der Waals surface area (Å²) in [7, 11) is 2.03. The van der Waals surface area contributed by atoms with Crippen molar-refractivity contribution in [2.75, 3.05) is 14.2 Å². The van der Waals surface area contributed by atoms with E-state index >= 15 is 0 Å². The number of ether oxygens (including phenoxy) is 3. The van der Waals surface area contributed by atoms with Crippen molar-refractivity contribution in [3.63, 3.8) is 0 Å². The van der Waals surface area contributed by atoms with Gasteiger partial charge in [0.05, 0.1) is 31.8 Å². The SMILES string of the molecule is COC(=O)c1ccc(COc2ccc(C(CC(=O)O)B3OC(C)(C)C(C)(C)O3)cc2OC)o1. The van der Waals surface area contributed by atoms with E-state index in [4.69, 9.17) is 23.2 Å². The highest BCUT2D eigenvalue weighted by Crippen LogP contribution is 2.43. The Labute approximate surface area is 193 Å². The molecular weight excluding hydrogens is 431 g/mol. The third-order valence-electron chi connectivity index (χ3n) is 6.03. The van der Waals surface area contributed by atoms with Gasteiger partial charge in [0.2, 0.25) is 5.76 Å². The van der Waals surface area contributed by atoms with Crippen LogP contribution in [0.1, 0.15) is 61.8 Å². The van der Waals surface area contributed by atoms with E-state index in [-0.39, 0.29) is 18.8 Å². The molecule has 0 amide bonds. The summed E-state index contributed by atoms with van der Waals surface area (Å²) in [5.74, 6) is -0.734. The monoisotopic (exact) mass is 460 g/mol. The topological polar surface area (TPSA) is 114 Å². The molecule has 1 saturated heterocycles. The standard InChI is InChI=1S/C23H29BO9/c1-22(2)23(3,4)33-24(32-22)16(12-20(25)26)14-7-9-17(19(11-14)28-5)30-13-15-8-10-18(31-15)21(27)29-6/h7-11,16H,12-13H2,1-6H3,(H,25,26). The zero-order chi connectivity index (χ0) is 24.4. The Bertz CT molecular complexity index is 995. The van der Waals surface area contributed by atoms with Crippen molar-refractivity contribution >= 4 is 19.1 Å². The third-order valence-corrected chi connectivity index (χ3v) is 6.03. The van der Waals surface area contributed by atoms with Crippen LogP contribution in [-0.4, -0.2) is 49.6 Å². The van der Waals surface area contributed by atoms with E-state index in [9.17, 15) is 14.7 Å². The highest BCUT2D eigenvalue weighted by molar-refractivity contribution is 6.48. The Morgan fingerprint density at radius 3 is 2.27 bits per heavy atom. The Morgan fingerprint density at radius 1 is 1.03 bits per heavy atom. The Balaban J connectivity index is 1.80. The van der Waals surface area contributed by atoms with Crippen LogP contribution in [0.3, 0.4) is 0 Å². The third kappa shape index (κ3) is 5.34. The Kier molecular flexibility index (Phi) is 7.09. The summed E-state index contributed by atoms with van der Waals surface area (Å²) < 4.78 is 33.5. The number of furan rings is 1. The summed E-state index contributed by atoms with van der Waals surface area (Å²) in [6.07, 6.45) is -0.178. The van der Waals surface area contributed by atoms with Crippen LogP contribution in [0, 0.1) is 0 Å². The number of carbonyl (C=O) groups is 2. The first-order valence-corrected chi connectivity index (χ1v) is 10.5. The summed E-state index contributed by atoms with van der Waals surface area (Å²) in [6, 6.07) is 8.30. The molecule has 0 radical (unpaired) electrons. The van der Waals surface area contributed by atoms with E-state index < -0.39 is 36.1 Å². The lowest BCUT2D eigenvalue weighted by molar-refractivity contribution is -0.137. The smallest absolute Gasteiger partial charge is 0.466 e. The first-order chi connectivity index (χ1) is 15.5. The van der Waals surface area contributed by atoms with Crippen LogP contribution >= 0.6 is 0 Å². The van der Waals surface area contributed by atoms with Crippen molar-refractivity contribution in [2.24, 2.45) is 0 Å². The van der Waals surface area contributed by atoms with Crippen LogP contribution in [0.2, 0.25) is 0 Å². The summed E-state index contributed by atoms with van der Waals surface area (Å²) >= 11 is 0. The lowest BCUT2D eigenvalue weighted by atomic mass is 9.66. The molecule has 0 aliphatic carbocycles. The fraction of sp³-hybridized carbons (Fsp3) is 0.478. The zero-order valence-electron chi connectivity index (χ0n) is 19.7. The fourth-order valence-corrected chi connectivity index (χ4v) is 3.46. The lowest BCUT2D eigenvalue weighted by Crippen LogP contribution is -2.41. The van der Waals surface area contributed by atoms with Gasteiger partial charge in [-0.2, -0.15) is 0 Å². The average molecular weight is 460 g/mol. The number of rotatable bonds is 9. The highest BCUT2D eigenvalue weighted by atomic mass is 16.7. The van der Waals surface area contributed by atoms with Gasteiger partial charge in [-0.15, -0.1) is 0 Å². The molecule has 0 spiro atoms. The van der Waals surface area contributed by atoms with E-state index in [2.05, 4.69) is 4.74 Å². The number of aliphatic carboxylic acids is 1. The molecule has 33 heavy (non-hydrogen) atoms.